The van der Waals surface area contributed by atoms with Gasteiger partial charge in [0.25, 0.3) is 0 Å². The van der Waals surface area contributed by atoms with Crippen molar-refractivity contribution in [3.63, 3.8) is 0 Å². The molecule has 3 aromatic rings. The number of nitrogens with zero attached hydrogens (tertiary/aromatic N) is 1. The average Bonchev–Trinajstić information content (AvgIpc) is 2.61. The first-order valence-electron chi connectivity index (χ1n) is 7.74. The number of rotatable bonds is 5. The summed E-state index contributed by atoms with van der Waals surface area (Å²) in [5, 5.41) is 2.96. The van der Waals surface area contributed by atoms with Gasteiger partial charge in [0.2, 0.25) is 0 Å². The van der Waals surface area contributed by atoms with E-state index in [9.17, 15) is 0 Å². The monoisotopic (exact) mass is 335 g/mol. The van der Waals surface area contributed by atoms with E-state index >= 15 is 0 Å². The van der Waals surface area contributed by atoms with Crippen LogP contribution in [0.1, 0.15) is 11.1 Å². The molecule has 3 aromatic carbocycles. The van der Waals surface area contributed by atoms with Gasteiger partial charge in [-0.25, -0.2) is 0 Å². The Kier molecular flexibility index (Phi) is 4.97. The van der Waals surface area contributed by atoms with Gasteiger partial charge in [-0.1, -0.05) is 60.7 Å². The van der Waals surface area contributed by atoms with Gasteiger partial charge < -0.3 is 4.74 Å². The quantitative estimate of drug-likeness (QED) is 0.406. The zero-order valence-corrected chi connectivity index (χ0v) is 14.3. The Hall–Kier alpha value is -2.58. The van der Waals surface area contributed by atoms with Crippen molar-refractivity contribution in [2.75, 3.05) is 6.61 Å². The number of ether oxygens (including phenoxy) is 1. The van der Waals surface area contributed by atoms with Gasteiger partial charge in [0.1, 0.15) is 12.4 Å². The lowest BCUT2D eigenvalue weighted by Gasteiger charge is -2.10. The first-order valence-corrected chi connectivity index (χ1v) is 8.12. The predicted molar refractivity (Wildman–Crippen MR) is 103 cm³/mol. The number of hydrogen-bond donors (Lipinski definition) is 0. The fraction of sp³-hybridized carbons (Fsp3) is 0.0952. The zero-order valence-electron chi connectivity index (χ0n) is 13.5. The first-order chi connectivity index (χ1) is 11.7. The van der Waals surface area contributed by atoms with Crippen LogP contribution in [0.3, 0.4) is 0 Å². The van der Waals surface area contributed by atoms with E-state index in [1.807, 2.05) is 55.6 Å². The molecule has 0 fully saturated rings. The van der Waals surface area contributed by atoms with Crippen LogP contribution >= 0.6 is 11.6 Å². The number of fused-ring (bicyclic) bond motifs is 1. The molecule has 24 heavy (non-hydrogen) atoms. The third kappa shape index (κ3) is 3.50. The van der Waals surface area contributed by atoms with E-state index in [1.165, 1.54) is 0 Å². The summed E-state index contributed by atoms with van der Waals surface area (Å²) in [6.07, 6.45) is 3.57. The molecule has 0 aromatic heterocycles. The molecule has 0 saturated carbocycles. The smallest absolute Gasteiger partial charge is 0.129 e. The second kappa shape index (κ2) is 7.33. The van der Waals surface area contributed by atoms with E-state index < -0.39 is 0 Å². The van der Waals surface area contributed by atoms with Crippen LogP contribution in [-0.4, -0.2) is 12.8 Å². The van der Waals surface area contributed by atoms with Crippen LogP contribution in [-0.2, 0) is 0 Å². The SMILES string of the molecule is C=CCOc1ccc2ccccc2c1C=Nc1ccc(C)c(Cl)c1. The second-order valence-corrected chi connectivity index (χ2v) is 5.90. The predicted octanol–water partition coefficient (Wildman–Crippen LogP) is 6.12. The maximum absolute atomic E-state index is 6.18. The topological polar surface area (TPSA) is 21.6 Å². The fourth-order valence-corrected chi connectivity index (χ4v) is 2.66. The largest absolute Gasteiger partial charge is 0.489 e. The van der Waals surface area contributed by atoms with E-state index in [0.29, 0.717) is 11.6 Å². The highest BCUT2D eigenvalue weighted by atomic mass is 35.5. The molecule has 2 nitrogen and oxygen atoms in total. The summed E-state index contributed by atoms with van der Waals surface area (Å²) in [4.78, 5) is 4.58. The normalized spacial score (nSPS) is 11.1. The Morgan fingerprint density at radius 1 is 1.12 bits per heavy atom. The molecule has 0 spiro atoms. The maximum Gasteiger partial charge on any atom is 0.129 e. The van der Waals surface area contributed by atoms with Gasteiger partial charge in [-0.05, 0) is 41.5 Å². The number of aliphatic imine (C=N–C) groups is 1. The summed E-state index contributed by atoms with van der Waals surface area (Å²) in [5.74, 6) is 0.788. The van der Waals surface area contributed by atoms with Crippen molar-refractivity contribution in [1.29, 1.82) is 0 Å². The molecule has 3 rings (SSSR count). The van der Waals surface area contributed by atoms with Crippen LogP contribution in [0, 0.1) is 6.92 Å². The molecule has 3 heteroatoms. The molecule has 0 saturated heterocycles. The van der Waals surface area contributed by atoms with E-state index in [-0.39, 0.29) is 0 Å². The van der Waals surface area contributed by atoms with Crippen molar-refractivity contribution < 1.29 is 4.74 Å². The van der Waals surface area contributed by atoms with Crippen LogP contribution in [0.2, 0.25) is 5.02 Å². The first kappa shape index (κ1) is 16.3. The van der Waals surface area contributed by atoms with Crippen molar-refractivity contribution in [1.82, 2.24) is 0 Å². The summed E-state index contributed by atoms with van der Waals surface area (Å²) in [5.41, 5.74) is 2.80. The molecule has 0 heterocycles. The van der Waals surface area contributed by atoms with E-state index in [1.54, 1.807) is 6.08 Å². The van der Waals surface area contributed by atoms with Crippen molar-refractivity contribution in [2.24, 2.45) is 4.99 Å². The molecular weight excluding hydrogens is 318 g/mol. The molecule has 0 atom stereocenters. The van der Waals surface area contributed by atoms with Gasteiger partial charge >= 0.3 is 0 Å². The Morgan fingerprint density at radius 2 is 1.96 bits per heavy atom. The summed E-state index contributed by atoms with van der Waals surface area (Å²) in [6.45, 7) is 6.13. The molecule has 0 radical (unpaired) electrons. The van der Waals surface area contributed by atoms with Gasteiger partial charge in [0, 0.05) is 16.8 Å². The highest BCUT2D eigenvalue weighted by Gasteiger charge is 2.07. The Labute approximate surface area is 147 Å². The van der Waals surface area contributed by atoms with Crippen molar-refractivity contribution >= 4 is 34.3 Å². The van der Waals surface area contributed by atoms with Crippen LogP contribution in [0.15, 0.2) is 72.2 Å². The molecular formula is C21H18ClNO. The van der Waals surface area contributed by atoms with Crippen molar-refractivity contribution in [2.45, 2.75) is 6.92 Å². The molecule has 0 unspecified atom stereocenters. The lowest BCUT2D eigenvalue weighted by molar-refractivity contribution is 0.363. The number of halogens is 1. The van der Waals surface area contributed by atoms with Gasteiger partial charge in [0.15, 0.2) is 0 Å². The Morgan fingerprint density at radius 3 is 2.75 bits per heavy atom. The molecule has 0 amide bonds. The summed E-state index contributed by atoms with van der Waals surface area (Å²) < 4.78 is 5.79. The minimum Gasteiger partial charge on any atom is -0.489 e. The Bertz CT molecular complexity index is 915. The Balaban J connectivity index is 2.06. The minimum absolute atomic E-state index is 0.454. The fourth-order valence-electron chi connectivity index (χ4n) is 2.48. The second-order valence-electron chi connectivity index (χ2n) is 5.49. The molecule has 0 bridgehead atoms. The maximum atomic E-state index is 6.18. The summed E-state index contributed by atoms with van der Waals surface area (Å²) in [6, 6.07) is 18.0. The van der Waals surface area contributed by atoms with Crippen molar-refractivity contribution in [3.8, 4) is 5.75 Å². The highest BCUT2D eigenvalue weighted by Crippen LogP contribution is 2.28. The zero-order chi connectivity index (χ0) is 16.9. The molecule has 120 valence electrons. The van der Waals surface area contributed by atoms with Gasteiger partial charge in [0.05, 0.1) is 5.69 Å². The number of aryl methyl sites for hydroxylation is 1. The molecule has 0 N–H and O–H groups in total. The minimum atomic E-state index is 0.454. The number of hydrogen-bond acceptors (Lipinski definition) is 2. The summed E-state index contributed by atoms with van der Waals surface area (Å²) >= 11 is 6.18. The lowest BCUT2D eigenvalue weighted by atomic mass is 10.0. The van der Waals surface area contributed by atoms with Crippen LogP contribution < -0.4 is 4.74 Å². The van der Waals surface area contributed by atoms with Crippen LogP contribution in [0.4, 0.5) is 5.69 Å². The molecule has 0 aliphatic rings. The standard InChI is InChI=1S/C21H18ClNO/c1-3-12-24-21-11-9-16-6-4-5-7-18(16)19(21)14-23-17-10-8-15(2)20(22)13-17/h3-11,13-14H,1,12H2,2H3. The third-order valence-corrected chi connectivity index (χ3v) is 4.19. The molecule has 0 aliphatic carbocycles. The van der Waals surface area contributed by atoms with E-state index in [0.717, 1.165) is 33.3 Å². The molecule has 0 aliphatic heterocycles. The average molecular weight is 336 g/mol. The summed E-state index contributed by atoms with van der Waals surface area (Å²) in [7, 11) is 0. The van der Waals surface area contributed by atoms with E-state index in [2.05, 4.69) is 23.7 Å². The van der Waals surface area contributed by atoms with E-state index in [4.69, 9.17) is 16.3 Å². The van der Waals surface area contributed by atoms with Gasteiger partial charge in [-0.15, -0.1) is 0 Å². The van der Waals surface area contributed by atoms with Crippen LogP contribution in [0.25, 0.3) is 10.8 Å². The third-order valence-electron chi connectivity index (χ3n) is 3.79. The lowest BCUT2D eigenvalue weighted by Crippen LogP contribution is -1.98. The van der Waals surface area contributed by atoms with Gasteiger partial charge in [-0.3, -0.25) is 4.99 Å². The van der Waals surface area contributed by atoms with Crippen LogP contribution in [0.5, 0.6) is 5.75 Å². The highest BCUT2D eigenvalue weighted by molar-refractivity contribution is 6.31. The van der Waals surface area contributed by atoms with Crippen molar-refractivity contribution in [3.05, 3.63) is 83.4 Å². The number of benzene rings is 3. The van der Waals surface area contributed by atoms with Gasteiger partial charge in [-0.2, -0.15) is 0 Å².